The van der Waals surface area contributed by atoms with Crippen LogP contribution < -0.4 is 10.1 Å². The van der Waals surface area contributed by atoms with Gasteiger partial charge in [-0.2, -0.15) is 0 Å². The van der Waals surface area contributed by atoms with Gasteiger partial charge in [-0.25, -0.2) is 0 Å². The van der Waals surface area contributed by atoms with Crippen LogP contribution in [0.15, 0.2) is 54.6 Å². The van der Waals surface area contributed by atoms with E-state index in [2.05, 4.69) is 17.4 Å². The highest BCUT2D eigenvalue weighted by Crippen LogP contribution is 2.38. The number of carbonyl (C=O) groups excluding carboxylic acids is 2. The van der Waals surface area contributed by atoms with E-state index in [1.165, 1.54) is 25.7 Å². The van der Waals surface area contributed by atoms with Crippen LogP contribution in [0.2, 0.25) is 0 Å². The van der Waals surface area contributed by atoms with Gasteiger partial charge in [-0.15, -0.1) is 0 Å². The van der Waals surface area contributed by atoms with Gasteiger partial charge in [-0.1, -0.05) is 56.0 Å². The van der Waals surface area contributed by atoms with Crippen LogP contribution >= 0.6 is 0 Å². The number of nitrogens with one attached hydrogen (secondary N) is 1. The molecule has 1 amide bonds. The molecule has 0 bridgehead atoms. The molecule has 2 aromatic rings. The minimum Gasteiger partial charge on any atom is -0.457 e. The van der Waals surface area contributed by atoms with E-state index in [-0.39, 0.29) is 29.7 Å². The minimum atomic E-state index is -0.226. The number of likely N-dealkylation sites (tertiary alicyclic amines) is 1. The molecule has 1 aliphatic carbocycles. The summed E-state index contributed by atoms with van der Waals surface area (Å²) in [6.45, 7) is 2.64. The molecule has 5 heteroatoms. The van der Waals surface area contributed by atoms with E-state index >= 15 is 0 Å². The zero-order valence-corrected chi connectivity index (χ0v) is 20.5. The Balaban J connectivity index is 1.51. The Bertz CT molecular complexity index is 955. The smallest absolute Gasteiger partial charge is 0.226 e. The highest BCUT2D eigenvalue weighted by atomic mass is 16.5. The van der Waals surface area contributed by atoms with Crippen molar-refractivity contribution >= 4 is 11.7 Å². The molecule has 2 aromatic carbocycles. The van der Waals surface area contributed by atoms with Gasteiger partial charge in [-0.3, -0.25) is 9.59 Å². The van der Waals surface area contributed by atoms with Crippen molar-refractivity contribution in [3.63, 3.8) is 0 Å². The number of ether oxygens (including phenoxy) is 1. The summed E-state index contributed by atoms with van der Waals surface area (Å²) in [4.78, 5) is 28.7. The Labute approximate surface area is 203 Å². The lowest BCUT2D eigenvalue weighted by molar-refractivity contribution is -0.139. The SMILES string of the molecule is CN[C@@H](C)C(=O)C[C@@H](CC1CCCC1)C(=O)N1CCC[C@H]1c1cccc(Oc2ccccc2)c1. The predicted octanol–water partition coefficient (Wildman–Crippen LogP) is 5.91. The Hall–Kier alpha value is -2.66. The van der Waals surface area contributed by atoms with Crippen LogP contribution in [0.3, 0.4) is 0 Å². The summed E-state index contributed by atoms with van der Waals surface area (Å²) in [7, 11) is 1.80. The highest BCUT2D eigenvalue weighted by Gasteiger charge is 2.36. The van der Waals surface area contributed by atoms with Crippen LogP contribution in [-0.2, 0) is 9.59 Å². The molecule has 2 fully saturated rings. The van der Waals surface area contributed by atoms with Crippen molar-refractivity contribution in [1.29, 1.82) is 0 Å². The summed E-state index contributed by atoms with van der Waals surface area (Å²) < 4.78 is 6.05. The average Bonchev–Trinajstić information content (AvgIpc) is 3.56. The van der Waals surface area contributed by atoms with Gasteiger partial charge in [0, 0.05) is 18.9 Å². The van der Waals surface area contributed by atoms with Crippen molar-refractivity contribution in [2.75, 3.05) is 13.6 Å². The number of carbonyl (C=O) groups is 2. The van der Waals surface area contributed by atoms with Crippen LogP contribution in [0.1, 0.15) is 69.9 Å². The number of hydrogen-bond acceptors (Lipinski definition) is 4. The molecule has 0 radical (unpaired) electrons. The Morgan fingerprint density at radius 3 is 2.47 bits per heavy atom. The fourth-order valence-electron chi connectivity index (χ4n) is 5.52. The van der Waals surface area contributed by atoms with Gasteiger partial charge in [-0.05, 0) is 69.0 Å². The summed E-state index contributed by atoms with van der Waals surface area (Å²) in [6.07, 6.45) is 7.94. The number of nitrogens with zero attached hydrogens (tertiary/aromatic N) is 1. The summed E-state index contributed by atoms with van der Waals surface area (Å²) in [5.41, 5.74) is 1.11. The third-order valence-corrected chi connectivity index (χ3v) is 7.56. The molecular weight excluding hydrogens is 424 g/mol. The lowest BCUT2D eigenvalue weighted by atomic mass is 9.87. The van der Waals surface area contributed by atoms with Crippen LogP contribution in [-0.4, -0.2) is 36.2 Å². The van der Waals surface area contributed by atoms with Gasteiger partial charge in [0.15, 0.2) is 0 Å². The van der Waals surface area contributed by atoms with Gasteiger partial charge in [0.05, 0.1) is 12.1 Å². The quantitative estimate of drug-likeness (QED) is 0.477. The van der Waals surface area contributed by atoms with Gasteiger partial charge < -0.3 is 15.0 Å². The predicted molar refractivity (Wildman–Crippen MR) is 135 cm³/mol. The molecular formula is C29H38N2O3. The van der Waals surface area contributed by atoms with Crippen LogP contribution in [0, 0.1) is 11.8 Å². The number of benzene rings is 2. The standard InChI is InChI=1S/C29H38N2O3/c1-21(30-2)28(32)20-24(18-22-10-6-7-11-22)29(33)31-17-9-16-27(31)23-12-8-15-26(19-23)34-25-13-4-3-5-14-25/h3-5,8,12-15,19,21-22,24,27,30H,6-7,9-11,16-18,20H2,1-2H3/t21-,24+,27-/m0/s1. The van der Waals surface area contributed by atoms with E-state index in [1.54, 1.807) is 7.05 Å². The zero-order valence-electron chi connectivity index (χ0n) is 20.5. The summed E-state index contributed by atoms with van der Waals surface area (Å²) >= 11 is 0. The highest BCUT2D eigenvalue weighted by molar-refractivity contribution is 5.89. The molecule has 0 spiro atoms. The van der Waals surface area contributed by atoms with E-state index in [9.17, 15) is 9.59 Å². The molecule has 0 aromatic heterocycles. The molecule has 4 rings (SSSR count). The van der Waals surface area contributed by atoms with Crippen molar-refractivity contribution in [3.8, 4) is 11.5 Å². The number of para-hydroxylation sites is 1. The second-order valence-corrected chi connectivity index (χ2v) is 9.94. The maximum atomic E-state index is 13.9. The molecule has 182 valence electrons. The zero-order chi connectivity index (χ0) is 23.9. The Kier molecular flexibility index (Phi) is 8.39. The molecule has 34 heavy (non-hydrogen) atoms. The van der Waals surface area contributed by atoms with Crippen molar-refractivity contribution in [2.45, 2.75) is 70.4 Å². The van der Waals surface area contributed by atoms with Crippen LogP contribution in [0.4, 0.5) is 0 Å². The summed E-state index contributed by atoms with van der Waals surface area (Å²) in [5, 5.41) is 3.04. The molecule has 0 unspecified atom stereocenters. The minimum absolute atomic E-state index is 0.0368. The van der Waals surface area contributed by atoms with Crippen molar-refractivity contribution in [2.24, 2.45) is 11.8 Å². The first kappa shape index (κ1) is 24.5. The number of ketones is 1. The first-order chi connectivity index (χ1) is 16.5. The van der Waals surface area contributed by atoms with Crippen LogP contribution in [0.25, 0.3) is 0 Å². The van der Waals surface area contributed by atoms with E-state index in [0.29, 0.717) is 12.3 Å². The molecule has 1 aliphatic heterocycles. The van der Waals surface area contributed by atoms with E-state index < -0.39 is 0 Å². The van der Waals surface area contributed by atoms with E-state index in [4.69, 9.17) is 4.74 Å². The Morgan fingerprint density at radius 2 is 1.74 bits per heavy atom. The number of Topliss-reactive ketones (excluding diaryl/α,β-unsaturated/α-hetero) is 1. The van der Waals surface area contributed by atoms with Gasteiger partial charge in [0.2, 0.25) is 5.91 Å². The fourth-order valence-corrected chi connectivity index (χ4v) is 5.52. The maximum absolute atomic E-state index is 13.9. The lowest BCUT2D eigenvalue weighted by Crippen LogP contribution is -2.40. The molecule has 5 nitrogen and oxygen atoms in total. The van der Waals surface area contributed by atoms with E-state index in [1.807, 2.05) is 54.3 Å². The second kappa shape index (κ2) is 11.7. The molecule has 1 saturated carbocycles. The fraction of sp³-hybridized carbons (Fsp3) is 0.517. The van der Waals surface area contributed by atoms with E-state index in [0.717, 1.165) is 42.9 Å². The molecule has 2 aliphatic rings. The monoisotopic (exact) mass is 462 g/mol. The molecule has 1 N–H and O–H groups in total. The van der Waals surface area contributed by atoms with Crippen LogP contribution in [0.5, 0.6) is 11.5 Å². The third kappa shape index (κ3) is 6.06. The lowest BCUT2D eigenvalue weighted by Gasteiger charge is -2.30. The first-order valence-corrected chi connectivity index (χ1v) is 12.9. The largest absolute Gasteiger partial charge is 0.457 e. The normalized spacial score (nSPS) is 20.3. The first-order valence-electron chi connectivity index (χ1n) is 12.9. The summed E-state index contributed by atoms with van der Waals surface area (Å²) in [5.74, 6) is 2.20. The number of likely N-dealkylation sites (N-methyl/N-ethyl adjacent to an activating group) is 1. The second-order valence-electron chi connectivity index (χ2n) is 9.94. The van der Waals surface area contributed by atoms with Gasteiger partial charge in [0.1, 0.15) is 17.3 Å². The van der Waals surface area contributed by atoms with Crippen molar-refractivity contribution in [3.05, 3.63) is 60.2 Å². The molecule has 1 saturated heterocycles. The number of hydrogen-bond donors (Lipinski definition) is 1. The van der Waals surface area contributed by atoms with Crippen molar-refractivity contribution < 1.29 is 14.3 Å². The Morgan fingerprint density at radius 1 is 1.00 bits per heavy atom. The maximum Gasteiger partial charge on any atom is 0.226 e. The van der Waals surface area contributed by atoms with Gasteiger partial charge in [0.25, 0.3) is 0 Å². The number of amides is 1. The summed E-state index contributed by atoms with van der Waals surface area (Å²) in [6, 6.07) is 17.7. The third-order valence-electron chi connectivity index (χ3n) is 7.56. The van der Waals surface area contributed by atoms with Crippen molar-refractivity contribution in [1.82, 2.24) is 10.2 Å². The topological polar surface area (TPSA) is 58.6 Å². The van der Waals surface area contributed by atoms with Gasteiger partial charge >= 0.3 is 0 Å². The molecule has 1 heterocycles. The average molecular weight is 463 g/mol. The number of rotatable bonds is 10. The molecule has 3 atom stereocenters.